The third-order valence-corrected chi connectivity index (χ3v) is 15.8. The molecule has 9 atom stereocenters. The zero-order valence-corrected chi connectivity index (χ0v) is 30.5. The first-order valence-corrected chi connectivity index (χ1v) is 19.0. The topological polar surface area (TPSA) is 61.4 Å². The maximum absolute atomic E-state index is 11.5. The van der Waals surface area contributed by atoms with Crippen LogP contribution < -0.4 is 10.6 Å². The van der Waals surface area contributed by atoms with Gasteiger partial charge in [-0.1, -0.05) is 83.2 Å². The SMILES string of the molecule is C=C(C)[C@@H]1CC[C@]2(NCCNc3ccccc3)CC[C@]3(C)[C@H](CC[C@@H]4[C@@]5(C)CC=C(c6ccc(C(=O)O)cc6)C(C)(C)[C@@H]5CC[C@]43C)[C@@H]12. The third-order valence-electron chi connectivity index (χ3n) is 15.8. The van der Waals surface area contributed by atoms with Gasteiger partial charge in [0.15, 0.2) is 0 Å². The second-order valence-electron chi connectivity index (χ2n) is 18.0. The molecule has 0 unspecified atom stereocenters. The van der Waals surface area contributed by atoms with Crippen molar-refractivity contribution >= 4 is 17.2 Å². The number of carbonyl (C=O) groups is 1. The Morgan fingerprint density at radius 2 is 1.56 bits per heavy atom. The minimum absolute atomic E-state index is 0.0345. The molecule has 0 saturated heterocycles. The van der Waals surface area contributed by atoms with Crippen molar-refractivity contribution in [2.45, 2.75) is 105 Å². The molecule has 5 aliphatic carbocycles. The minimum Gasteiger partial charge on any atom is -0.478 e. The number of para-hydroxylation sites is 1. The van der Waals surface area contributed by atoms with Crippen LogP contribution in [0.1, 0.15) is 115 Å². The predicted octanol–water partition coefficient (Wildman–Crippen LogP) is 10.5. The summed E-state index contributed by atoms with van der Waals surface area (Å²) in [5.41, 5.74) is 6.72. The lowest BCUT2D eigenvalue weighted by Crippen LogP contribution is -2.68. The molecule has 4 fully saturated rings. The molecular formula is C44H60N2O2. The average Bonchev–Trinajstić information content (AvgIpc) is 3.44. The lowest BCUT2D eigenvalue weighted by Gasteiger charge is -2.72. The number of benzene rings is 2. The molecule has 0 aromatic heterocycles. The number of aromatic carboxylic acids is 1. The van der Waals surface area contributed by atoms with Crippen LogP contribution in [0.25, 0.3) is 5.57 Å². The largest absolute Gasteiger partial charge is 0.478 e. The first-order valence-electron chi connectivity index (χ1n) is 19.0. The number of carboxylic acids is 1. The number of anilines is 1. The fraction of sp³-hybridized carbons (Fsp3) is 0.614. The second-order valence-corrected chi connectivity index (χ2v) is 18.0. The fourth-order valence-corrected chi connectivity index (χ4v) is 13.4. The number of nitrogens with one attached hydrogen (secondary N) is 2. The standard InChI is InChI=1S/C44H60N2O2/c1-29(2)33-19-24-44(46-28-27-45-32-11-9-8-10-12-32)26-25-42(6)35(38(33)44)17-18-37-41(5)22-20-34(30-13-15-31(16-14-30)39(47)48)40(3,4)36(41)21-23-43(37,42)7/h8-16,20,33,35-38,45-46H,1,17-19,21-28H2,2-7H3,(H,47,48)/t33-,35+,36-,37+,38+,41-,42+,43+,44-/m0/s1. The van der Waals surface area contributed by atoms with Crippen LogP contribution in [0.4, 0.5) is 5.69 Å². The highest BCUT2D eigenvalue weighted by Gasteiger charge is 2.70. The number of hydrogen-bond acceptors (Lipinski definition) is 3. The van der Waals surface area contributed by atoms with Crippen molar-refractivity contribution in [1.29, 1.82) is 0 Å². The highest BCUT2D eigenvalue weighted by Crippen LogP contribution is 2.76. The normalized spacial score (nSPS) is 39.6. The molecular weight excluding hydrogens is 588 g/mol. The number of rotatable bonds is 8. The monoisotopic (exact) mass is 648 g/mol. The molecule has 4 heteroatoms. The van der Waals surface area contributed by atoms with Gasteiger partial charge in [-0.15, -0.1) is 0 Å². The molecule has 2 aromatic rings. The van der Waals surface area contributed by atoms with E-state index >= 15 is 0 Å². The highest BCUT2D eigenvalue weighted by atomic mass is 16.4. The summed E-state index contributed by atoms with van der Waals surface area (Å²) in [5, 5.41) is 17.4. The van der Waals surface area contributed by atoms with E-state index in [-0.39, 0.29) is 16.4 Å². The van der Waals surface area contributed by atoms with E-state index in [0.29, 0.717) is 40.1 Å². The van der Waals surface area contributed by atoms with Crippen molar-refractivity contribution in [3.05, 3.63) is 84.0 Å². The van der Waals surface area contributed by atoms with E-state index in [2.05, 4.69) is 95.2 Å². The van der Waals surface area contributed by atoms with Gasteiger partial charge in [0, 0.05) is 24.3 Å². The van der Waals surface area contributed by atoms with Crippen LogP contribution in [0.2, 0.25) is 0 Å². The Kier molecular flexibility index (Phi) is 8.33. The Morgan fingerprint density at radius 3 is 2.25 bits per heavy atom. The van der Waals surface area contributed by atoms with Crippen molar-refractivity contribution in [3.63, 3.8) is 0 Å². The van der Waals surface area contributed by atoms with E-state index in [4.69, 9.17) is 0 Å². The molecule has 258 valence electrons. The van der Waals surface area contributed by atoms with E-state index in [1.165, 1.54) is 73.8 Å². The van der Waals surface area contributed by atoms with Gasteiger partial charge < -0.3 is 15.7 Å². The van der Waals surface area contributed by atoms with Crippen LogP contribution in [0.5, 0.6) is 0 Å². The number of carboxylic acid groups (broad SMARTS) is 1. The molecule has 2 aromatic carbocycles. The number of hydrogen-bond donors (Lipinski definition) is 3. The molecule has 0 radical (unpaired) electrons. The molecule has 3 N–H and O–H groups in total. The van der Waals surface area contributed by atoms with Crippen molar-refractivity contribution in [2.24, 2.45) is 51.2 Å². The maximum atomic E-state index is 11.5. The van der Waals surface area contributed by atoms with Gasteiger partial charge in [0.2, 0.25) is 0 Å². The Morgan fingerprint density at radius 1 is 0.833 bits per heavy atom. The minimum atomic E-state index is -0.857. The summed E-state index contributed by atoms with van der Waals surface area (Å²) in [6.07, 6.45) is 14.1. The van der Waals surface area contributed by atoms with Gasteiger partial charge in [0.1, 0.15) is 0 Å². The Balaban J connectivity index is 1.16. The van der Waals surface area contributed by atoms with E-state index in [9.17, 15) is 9.90 Å². The lowest BCUT2D eigenvalue weighted by molar-refractivity contribution is -0.219. The first kappa shape index (κ1) is 33.6. The van der Waals surface area contributed by atoms with Crippen LogP contribution in [-0.2, 0) is 0 Å². The summed E-state index contributed by atoms with van der Waals surface area (Å²) < 4.78 is 0. The lowest BCUT2D eigenvalue weighted by atomic mass is 9.33. The van der Waals surface area contributed by atoms with E-state index < -0.39 is 5.97 Å². The summed E-state index contributed by atoms with van der Waals surface area (Å²) in [4.78, 5) is 11.5. The van der Waals surface area contributed by atoms with Gasteiger partial charge in [-0.05, 0) is 151 Å². The Bertz CT molecular complexity index is 1580. The van der Waals surface area contributed by atoms with Crippen molar-refractivity contribution < 1.29 is 9.90 Å². The number of allylic oxidation sites excluding steroid dienone is 3. The summed E-state index contributed by atoms with van der Waals surface area (Å²) in [5.74, 6) is 2.46. The van der Waals surface area contributed by atoms with Crippen LogP contribution in [0.15, 0.2) is 72.8 Å². The molecule has 4 saturated carbocycles. The molecule has 5 aliphatic rings. The van der Waals surface area contributed by atoms with Gasteiger partial charge in [-0.2, -0.15) is 0 Å². The Hall–Kier alpha value is -2.85. The second kappa shape index (κ2) is 11.9. The van der Waals surface area contributed by atoms with Gasteiger partial charge in [-0.3, -0.25) is 0 Å². The Labute approximate surface area is 290 Å². The summed E-state index contributed by atoms with van der Waals surface area (Å²) in [6, 6.07) is 18.3. The molecule has 7 rings (SSSR count). The average molecular weight is 649 g/mol. The molecule has 0 heterocycles. The smallest absolute Gasteiger partial charge is 0.335 e. The third kappa shape index (κ3) is 4.97. The van der Waals surface area contributed by atoms with Crippen LogP contribution >= 0.6 is 0 Å². The van der Waals surface area contributed by atoms with Crippen molar-refractivity contribution in [1.82, 2.24) is 5.32 Å². The molecule has 0 aliphatic heterocycles. The van der Waals surface area contributed by atoms with E-state index in [1.807, 2.05) is 12.1 Å². The van der Waals surface area contributed by atoms with Gasteiger partial charge in [0.05, 0.1) is 5.56 Å². The summed E-state index contributed by atoms with van der Waals surface area (Å²) in [6.45, 7) is 22.0. The molecule has 4 nitrogen and oxygen atoms in total. The van der Waals surface area contributed by atoms with Gasteiger partial charge in [0.25, 0.3) is 0 Å². The first-order chi connectivity index (χ1) is 22.8. The van der Waals surface area contributed by atoms with Crippen LogP contribution in [0, 0.1) is 51.2 Å². The van der Waals surface area contributed by atoms with Crippen LogP contribution in [0.3, 0.4) is 0 Å². The molecule has 48 heavy (non-hydrogen) atoms. The summed E-state index contributed by atoms with van der Waals surface area (Å²) in [7, 11) is 0. The predicted molar refractivity (Wildman–Crippen MR) is 199 cm³/mol. The quantitative estimate of drug-likeness (QED) is 0.197. The highest BCUT2D eigenvalue weighted by molar-refractivity contribution is 5.88. The van der Waals surface area contributed by atoms with E-state index in [0.717, 1.165) is 25.4 Å². The zero-order valence-electron chi connectivity index (χ0n) is 30.5. The van der Waals surface area contributed by atoms with Gasteiger partial charge >= 0.3 is 5.97 Å². The maximum Gasteiger partial charge on any atom is 0.335 e. The number of fused-ring (bicyclic) bond motifs is 7. The molecule has 0 amide bonds. The zero-order chi connectivity index (χ0) is 34.1. The van der Waals surface area contributed by atoms with Gasteiger partial charge in [-0.25, -0.2) is 4.79 Å². The summed E-state index contributed by atoms with van der Waals surface area (Å²) >= 11 is 0. The van der Waals surface area contributed by atoms with E-state index in [1.54, 1.807) is 12.1 Å². The van der Waals surface area contributed by atoms with Crippen molar-refractivity contribution in [2.75, 3.05) is 18.4 Å². The van der Waals surface area contributed by atoms with Crippen LogP contribution in [-0.4, -0.2) is 29.7 Å². The molecule has 0 bridgehead atoms. The van der Waals surface area contributed by atoms with Crippen molar-refractivity contribution in [3.8, 4) is 0 Å². The fourth-order valence-electron chi connectivity index (χ4n) is 13.4. The molecule has 0 spiro atoms.